The van der Waals surface area contributed by atoms with Gasteiger partial charge in [-0.3, -0.25) is 0 Å². The molecule has 6 nitrogen and oxygen atoms in total. The lowest BCUT2D eigenvalue weighted by atomic mass is 10.1. The molecule has 1 heterocycles. The van der Waals surface area contributed by atoms with E-state index < -0.39 is 0 Å². The minimum absolute atomic E-state index is 0.518. The number of ether oxygens (including phenoxy) is 1. The van der Waals surface area contributed by atoms with Gasteiger partial charge < -0.3 is 19.8 Å². The number of nitrogen functional groups attached to an aromatic ring is 1. The van der Waals surface area contributed by atoms with Gasteiger partial charge in [-0.2, -0.15) is 0 Å². The van der Waals surface area contributed by atoms with Crippen LogP contribution in [0.3, 0.4) is 0 Å². The lowest BCUT2D eigenvalue weighted by Crippen LogP contribution is -2.08. The van der Waals surface area contributed by atoms with Gasteiger partial charge in [-0.15, -0.1) is 5.10 Å². The Kier molecular flexibility index (Phi) is 3.89. The van der Waals surface area contributed by atoms with Crippen molar-refractivity contribution in [3.8, 4) is 5.75 Å². The van der Waals surface area contributed by atoms with E-state index in [1.54, 1.807) is 12.0 Å². The van der Waals surface area contributed by atoms with Crippen molar-refractivity contribution in [2.75, 3.05) is 31.8 Å². The minimum atomic E-state index is 0.518. The van der Waals surface area contributed by atoms with Gasteiger partial charge in [-0.1, -0.05) is 11.2 Å². The van der Waals surface area contributed by atoms with Crippen molar-refractivity contribution in [3.63, 3.8) is 0 Å². The van der Waals surface area contributed by atoms with Crippen LogP contribution < -0.4 is 15.4 Å². The van der Waals surface area contributed by atoms with E-state index in [2.05, 4.69) is 10.2 Å². The Morgan fingerprint density at radius 3 is 2.63 bits per heavy atom. The van der Waals surface area contributed by atoms with Crippen LogP contribution in [0.5, 0.6) is 5.75 Å². The first-order valence-corrected chi connectivity index (χ1v) is 6.02. The first kappa shape index (κ1) is 13.2. The Labute approximate surface area is 112 Å². The molecule has 0 atom stereocenters. The van der Waals surface area contributed by atoms with Crippen molar-refractivity contribution in [2.24, 2.45) is 0 Å². The minimum Gasteiger partial charge on any atom is -0.495 e. The van der Waals surface area contributed by atoms with Gasteiger partial charge >= 0.3 is 6.01 Å². The average molecular weight is 262 g/mol. The summed E-state index contributed by atoms with van der Waals surface area (Å²) in [6.45, 7) is 0. The van der Waals surface area contributed by atoms with Gasteiger partial charge in [-0.05, 0) is 24.1 Å². The summed E-state index contributed by atoms with van der Waals surface area (Å²) in [5.41, 5.74) is 7.61. The molecule has 0 aliphatic carbocycles. The van der Waals surface area contributed by atoms with E-state index in [0.29, 0.717) is 29.8 Å². The van der Waals surface area contributed by atoms with Crippen molar-refractivity contribution in [3.05, 3.63) is 29.7 Å². The molecule has 102 valence electrons. The van der Waals surface area contributed by atoms with Crippen LogP contribution in [0.4, 0.5) is 11.7 Å². The Morgan fingerprint density at radius 2 is 2.05 bits per heavy atom. The largest absolute Gasteiger partial charge is 0.495 e. The molecule has 2 aromatic rings. The van der Waals surface area contributed by atoms with Crippen LogP contribution in [-0.2, 0) is 12.8 Å². The zero-order chi connectivity index (χ0) is 13.8. The van der Waals surface area contributed by atoms with E-state index in [9.17, 15) is 0 Å². The Bertz CT molecular complexity index is 551. The van der Waals surface area contributed by atoms with Crippen LogP contribution in [0.1, 0.15) is 11.5 Å². The fraction of sp³-hybridized carbons (Fsp3) is 0.385. The molecule has 1 aromatic carbocycles. The van der Waals surface area contributed by atoms with E-state index in [0.717, 1.165) is 12.0 Å². The number of aromatic nitrogens is 2. The molecule has 0 saturated carbocycles. The standard InChI is InChI=1S/C13H18N4O2/c1-17(2)13-16-15-12(19-13)7-5-9-4-6-11(18-3)10(14)8-9/h4,6,8H,5,7,14H2,1-3H3. The van der Waals surface area contributed by atoms with Crippen molar-refractivity contribution in [1.29, 1.82) is 0 Å². The third-order valence-electron chi connectivity index (χ3n) is 2.76. The highest BCUT2D eigenvalue weighted by atomic mass is 16.5. The molecule has 0 saturated heterocycles. The average Bonchev–Trinajstić information content (AvgIpc) is 2.85. The zero-order valence-electron chi connectivity index (χ0n) is 11.4. The summed E-state index contributed by atoms with van der Waals surface area (Å²) in [5, 5.41) is 7.93. The van der Waals surface area contributed by atoms with Crippen LogP contribution in [0.25, 0.3) is 0 Å². The van der Waals surface area contributed by atoms with E-state index >= 15 is 0 Å². The molecule has 0 spiro atoms. The maximum atomic E-state index is 5.86. The van der Waals surface area contributed by atoms with E-state index in [4.69, 9.17) is 14.9 Å². The van der Waals surface area contributed by atoms with Gasteiger partial charge in [0.2, 0.25) is 5.89 Å². The van der Waals surface area contributed by atoms with Gasteiger partial charge in [0.25, 0.3) is 0 Å². The van der Waals surface area contributed by atoms with E-state index in [1.165, 1.54) is 0 Å². The molecule has 6 heteroatoms. The maximum absolute atomic E-state index is 5.86. The third kappa shape index (κ3) is 3.15. The van der Waals surface area contributed by atoms with Crippen LogP contribution in [0.15, 0.2) is 22.6 Å². The van der Waals surface area contributed by atoms with Gasteiger partial charge in [0.15, 0.2) is 0 Å². The highest BCUT2D eigenvalue weighted by Gasteiger charge is 2.08. The molecule has 0 amide bonds. The van der Waals surface area contributed by atoms with Crippen LogP contribution >= 0.6 is 0 Å². The smallest absolute Gasteiger partial charge is 0.317 e. The second kappa shape index (κ2) is 5.60. The molecule has 0 fully saturated rings. The number of hydrogen-bond acceptors (Lipinski definition) is 6. The number of anilines is 2. The molecule has 19 heavy (non-hydrogen) atoms. The second-order valence-corrected chi connectivity index (χ2v) is 4.45. The Hall–Kier alpha value is -2.24. The first-order valence-electron chi connectivity index (χ1n) is 6.02. The maximum Gasteiger partial charge on any atom is 0.317 e. The molecule has 2 rings (SSSR count). The predicted octanol–water partition coefficient (Wildman–Crippen LogP) is 1.51. The van der Waals surface area contributed by atoms with Crippen LogP contribution in [-0.4, -0.2) is 31.4 Å². The van der Waals surface area contributed by atoms with Gasteiger partial charge in [-0.25, -0.2) is 0 Å². The summed E-state index contributed by atoms with van der Waals surface area (Å²) in [6, 6.07) is 6.27. The third-order valence-corrected chi connectivity index (χ3v) is 2.76. The van der Waals surface area contributed by atoms with Crippen molar-refractivity contribution < 1.29 is 9.15 Å². The highest BCUT2D eigenvalue weighted by molar-refractivity contribution is 5.54. The lowest BCUT2D eigenvalue weighted by molar-refractivity contribution is 0.417. The molecule has 0 aliphatic rings. The number of aryl methyl sites for hydroxylation is 2. The van der Waals surface area contributed by atoms with Gasteiger partial charge in [0.1, 0.15) is 5.75 Å². The lowest BCUT2D eigenvalue weighted by Gasteiger charge is -2.06. The Balaban J connectivity index is 1.99. The summed E-state index contributed by atoms with van der Waals surface area (Å²) >= 11 is 0. The number of methoxy groups -OCH3 is 1. The predicted molar refractivity (Wildman–Crippen MR) is 73.4 cm³/mol. The molecule has 0 unspecified atom stereocenters. The summed E-state index contributed by atoms with van der Waals surface area (Å²) in [5.74, 6) is 1.31. The van der Waals surface area contributed by atoms with Gasteiger partial charge in [0.05, 0.1) is 12.8 Å². The molecule has 0 bridgehead atoms. The molecule has 0 radical (unpaired) electrons. The Morgan fingerprint density at radius 1 is 1.26 bits per heavy atom. The number of rotatable bonds is 5. The van der Waals surface area contributed by atoms with Crippen LogP contribution in [0, 0.1) is 0 Å². The molecule has 1 aromatic heterocycles. The fourth-order valence-electron chi connectivity index (χ4n) is 1.72. The monoisotopic (exact) mass is 262 g/mol. The van der Waals surface area contributed by atoms with Crippen molar-refractivity contribution in [1.82, 2.24) is 10.2 Å². The molecule has 2 N–H and O–H groups in total. The molecular formula is C13H18N4O2. The molecule has 0 aliphatic heterocycles. The fourth-order valence-corrected chi connectivity index (χ4v) is 1.72. The van der Waals surface area contributed by atoms with E-state index in [-0.39, 0.29) is 0 Å². The van der Waals surface area contributed by atoms with E-state index in [1.807, 2.05) is 32.3 Å². The zero-order valence-corrected chi connectivity index (χ0v) is 11.4. The topological polar surface area (TPSA) is 77.4 Å². The summed E-state index contributed by atoms with van der Waals surface area (Å²) in [4.78, 5) is 1.78. The van der Waals surface area contributed by atoms with Crippen LogP contribution in [0.2, 0.25) is 0 Å². The first-order chi connectivity index (χ1) is 9.10. The molecular weight excluding hydrogens is 244 g/mol. The summed E-state index contributed by atoms with van der Waals surface area (Å²) in [6.07, 6.45) is 1.48. The number of hydrogen-bond donors (Lipinski definition) is 1. The summed E-state index contributed by atoms with van der Waals surface area (Å²) in [7, 11) is 5.33. The number of nitrogens with two attached hydrogens (primary N) is 1. The van der Waals surface area contributed by atoms with Crippen molar-refractivity contribution in [2.45, 2.75) is 12.8 Å². The summed E-state index contributed by atoms with van der Waals surface area (Å²) < 4.78 is 10.6. The SMILES string of the molecule is COc1ccc(CCc2nnc(N(C)C)o2)cc1N. The normalized spacial score (nSPS) is 10.5. The van der Waals surface area contributed by atoms with Gasteiger partial charge in [0, 0.05) is 20.5 Å². The quantitative estimate of drug-likeness (QED) is 0.823. The second-order valence-electron chi connectivity index (χ2n) is 4.45. The number of benzene rings is 1. The number of nitrogens with zero attached hydrogens (tertiary/aromatic N) is 3. The highest BCUT2D eigenvalue weighted by Crippen LogP contribution is 2.22. The van der Waals surface area contributed by atoms with Crippen molar-refractivity contribution >= 4 is 11.7 Å².